The Labute approximate surface area is 556 Å². The summed E-state index contributed by atoms with van der Waals surface area (Å²) in [5, 5.41) is 10.6. The van der Waals surface area contributed by atoms with Crippen LogP contribution in [0.1, 0.15) is 357 Å². The van der Waals surface area contributed by atoms with E-state index in [9.17, 15) is 43.2 Å². The zero-order chi connectivity index (χ0) is 67.5. The summed E-state index contributed by atoms with van der Waals surface area (Å²) in [5.41, 5.74) is 0. The molecule has 3 unspecified atom stereocenters. The highest BCUT2D eigenvalue weighted by Crippen LogP contribution is 2.45. The van der Waals surface area contributed by atoms with Crippen molar-refractivity contribution in [3.8, 4) is 0 Å². The first-order chi connectivity index (χ1) is 43.6. The zero-order valence-corrected chi connectivity index (χ0v) is 61.3. The molecule has 0 aliphatic rings. The highest BCUT2D eigenvalue weighted by molar-refractivity contribution is 7.47. The minimum Gasteiger partial charge on any atom is -0.462 e. The van der Waals surface area contributed by atoms with Crippen LogP contribution in [0.25, 0.3) is 0 Å². The second-order valence-electron chi connectivity index (χ2n) is 27.9. The molecule has 0 rings (SSSR count). The lowest BCUT2D eigenvalue weighted by atomic mass is 10.0. The van der Waals surface area contributed by atoms with E-state index in [0.717, 1.165) is 108 Å². The van der Waals surface area contributed by atoms with Gasteiger partial charge in [-0.25, -0.2) is 9.13 Å². The summed E-state index contributed by atoms with van der Waals surface area (Å²) in [6.07, 6.45) is 44.6. The minimum atomic E-state index is -4.95. The Morgan fingerprint density at radius 1 is 0.275 bits per heavy atom. The first kappa shape index (κ1) is 89.1. The molecule has 0 aromatic heterocycles. The summed E-state index contributed by atoms with van der Waals surface area (Å²) in [6, 6.07) is 0. The first-order valence-electron chi connectivity index (χ1n) is 37.2. The highest BCUT2D eigenvalue weighted by Gasteiger charge is 2.30. The number of aliphatic hydroxyl groups excluding tert-OH is 1. The Morgan fingerprint density at radius 2 is 0.462 bits per heavy atom. The highest BCUT2D eigenvalue weighted by atomic mass is 31.2. The second kappa shape index (κ2) is 61.6. The Morgan fingerprint density at radius 3 is 0.681 bits per heavy atom. The summed E-state index contributed by atoms with van der Waals surface area (Å²) in [4.78, 5) is 72.6. The largest absolute Gasteiger partial charge is 0.472 e. The number of phosphoric ester groups is 2. The Kier molecular flexibility index (Phi) is 60.3. The van der Waals surface area contributed by atoms with Gasteiger partial charge in [0, 0.05) is 25.7 Å². The van der Waals surface area contributed by atoms with Crippen LogP contribution in [0.2, 0.25) is 0 Å². The third-order valence-electron chi connectivity index (χ3n) is 16.6. The fraction of sp³-hybridized carbons (Fsp3) is 0.944. The van der Waals surface area contributed by atoms with Crippen molar-refractivity contribution >= 4 is 39.5 Å². The number of rotatable bonds is 69. The average molecular weight is 1340 g/mol. The standard InChI is InChI=1S/C72H140O17P2/c1-62(2)48-40-32-24-18-14-11-9-10-12-16-21-29-38-46-54-71(76)88-67(58-82-69(74)52-44-36-28-20-17-13-15-19-25-33-41-49-63(3)4)60-86-90(78,79)84-56-66(73)57-85-91(80,81)87-61-68(89-72(77)55-47-39-31-23-27-35-43-51-65(7)8)59-83-70(75)53-45-37-30-22-26-34-42-50-64(5)6/h62-68,73H,9-61H2,1-8H3,(H,78,79)(H,80,81)/t66?,67-,68-/m1/s1. The number of phosphoric acid groups is 2. The Bertz CT molecular complexity index is 1800. The molecule has 91 heavy (non-hydrogen) atoms. The number of aliphatic hydroxyl groups is 1. The van der Waals surface area contributed by atoms with Gasteiger partial charge in [-0.05, 0) is 49.4 Å². The third-order valence-corrected chi connectivity index (χ3v) is 18.5. The Hall–Kier alpha value is -1.94. The lowest BCUT2D eigenvalue weighted by Crippen LogP contribution is -2.30. The number of carbonyl (C=O) groups is 4. The predicted molar refractivity (Wildman–Crippen MR) is 367 cm³/mol. The van der Waals surface area contributed by atoms with E-state index in [1.54, 1.807) is 0 Å². The molecule has 0 bridgehead atoms. The van der Waals surface area contributed by atoms with Gasteiger partial charge >= 0.3 is 39.5 Å². The van der Waals surface area contributed by atoms with Crippen molar-refractivity contribution < 1.29 is 80.2 Å². The van der Waals surface area contributed by atoms with Gasteiger partial charge in [-0.3, -0.25) is 37.3 Å². The minimum absolute atomic E-state index is 0.102. The maximum absolute atomic E-state index is 13.0. The lowest BCUT2D eigenvalue weighted by molar-refractivity contribution is -0.161. The van der Waals surface area contributed by atoms with Gasteiger partial charge in [0.15, 0.2) is 12.2 Å². The normalized spacial score (nSPS) is 14.2. The predicted octanol–water partition coefficient (Wildman–Crippen LogP) is 20.5. The van der Waals surface area contributed by atoms with E-state index in [1.165, 1.54) is 154 Å². The molecule has 0 saturated heterocycles. The van der Waals surface area contributed by atoms with Gasteiger partial charge in [-0.2, -0.15) is 0 Å². The number of carbonyl (C=O) groups excluding carboxylic acids is 4. The van der Waals surface area contributed by atoms with Gasteiger partial charge in [0.1, 0.15) is 19.3 Å². The van der Waals surface area contributed by atoms with Crippen molar-refractivity contribution in [3.63, 3.8) is 0 Å². The lowest BCUT2D eigenvalue weighted by Gasteiger charge is -2.21. The zero-order valence-electron chi connectivity index (χ0n) is 59.5. The van der Waals surface area contributed by atoms with Crippen LogP contribution in [-0.2, 0) is 65.4 Å². The number of ether oxygens (including phenoxy) is 4. The fourth-order valence-corrected chi connectivity index (χ4v) is 12.4. The van der Waals surface area contributed by atoms with Crippen LogP contribution >= 0.6 is 15.6 Å². The molecule has 3 N–H and O–H groups in total. The molecular formula is C72H140O17P2. The molecule has 19 heteroatoms. The maximum Gasteiger partial charge on any atom is 0.472 e. The van der Waals surface area contributed by atoms with E-state index in [0.29, 0.717) is 37.5 Å². The quantitative estimate of drug-likeness (QED) is 0.0222. The van der Waals surface area contributed by atoms with Gasteiger partial charge in [0.05, 0.1) is 26.4 Å². The first-order valence-corrected chi connectivity index (χ1v) is 40.2. The fourth-order valence-electron chi connectivity index (χ4n) is 10.8. The summed E-state index contributed by atoms with van der Waals surface area (Å²) < 4.78 is 68.3. The number of unbranched alkanes of at least 4 members (excludes halogenated alkanes) is 35. The molecule has 0 spiro atoms. The topological polar surface area (TPSA) is 237 Å². The summed E-state index contributed by atoms with van der Waals surface area (Å²) in [5.74, 6) is 0.838. The van der Waals surface area contributed by atoms with E-state index >= 15 is 0 Å². The van der Waals surface area contributed by atoms with Crippen molar-refractivity contribution in [3.05, 3.63) is 0 Å². The smallest absolute Gasteiger partial charge is 0.462 e. The number of hydrogen-bond acceptors (Lipinski definition) is 15. The number of esters is 4. The van der Waals surface area contributed by atoms with Crippen molar-refractivity contribution in [1.82, 2.24) is 0 Å². The molecule has 0 saturated carbocycles. The van der Waals surface area contributed by atoms with Crippen LogP contribution < -0.4 is 0 Å². The van der Waals surface area contributed by atoms with Crippen molar-refractivity contribution in [2.45, 2.75) is 375 Å². The number of hydrogen-bond donors (Lipinski definition) is 3. The van der Waals surface area contributed by atoms with E-state index in [4.69, 9.17) is 37.0 Å². The van der Waals surface area contributed by atoms with Gasteiger partial charge in [-0.15, -0.1) is 0 Å². The molecule has 0 radical (unpaired) electrons. The molecule has 540 valence electrons. The van der Waals surface area contributed by atoms with Crippen molar-refractivity contribution in [2.75, 3.05) is 39.6 Å². The van der Waals surface area contributed by atoms with Gasteiger partial charge in [0.2, 0.25) is 0 Å². The van der Waals surface area contributed by atoms with Gasteiger partial charge < -0.3 is 33.8 Å². The molecule has 17 nitrogen and oxygen atoms in total. The van der Waals surface area contributed by atoms with E-state index < -0.39 is 97.5 Å². The van der Waals surface area contributed by atoms with Crippen molar-refractivity contribution in [1.29, 1.82) is 0 Å². The molecule has 0 fully saturated rings. The summed E-state index contributed by atoms with van der Waals surface area (Å²) >= 11 is 0. The van der Waals surface area contributed by atoms with E-state index in [-0.39, 0.29) is 25.7 Å². The second-order valence-corrected chi connectivity index (χ2v) is 30.8. The Balaban J connectivity index is 5.24. The van der Waals surface area contributed by atoms with Gasteiger partial charge in [-0.1, -0.05) is 306 Å². The molecule has 0 amide bonds. The van der Waals surface area contributed by atoms with Crippen LogP contribution in [0.3, 0.4) is 0 Å². The molecule has 0 aromatic carbocycles. The van der Waals surface area contributed by atoms with Crippen molar-refractivity contribution in [2.24, 2.45) is 23.7 Å². The molecular weight excluding hydrogens is 1200 g/mol. The molecule has 0 aliphatic carbocycles. The monoisotopic (exact) mass is 1340 g/mol. The summed E-state index contributed by atoms with van der Waals surface area (Å²) in [7, 11) is -9.90. The van der Waals surface area contributed by atoms with E-state index in [2.05, 4.69) is 55.4 Å². The molecule has 0 aromatic rings. The third kappa shape index (κ3) is 66.5. The van der Waals surface area contributed by atoms with Crippen LogP contribution in [-0.4, -0.2) is 96.7 Å². The van der Waals surface area contributed by atoms with Gasteiger partial charge in [0.25, 0.3) is 0 Å². The molecule has 0 aliphatic heterocycles. The SMILES string of the molecule is CC(C)CCCCCCCCCCCCCCCCC(=O)O[C@H](COC(=O)CCCCCCCCCCCCCC(C)C)COP(=O)(O)OCC(O)COP(=O)(O)OC[C@@H](COC(=O)CCCCCCCCCC(C)C)OC(=O)CCCCCCCCCC(C)C. The average Bonchev–Trinajstić information content (AvgIpc) is 3.67. The molecule has 0 heterocycles. The van der Waals surface area contributed by atoms with Crippen LogP contribution in [0.4, 0.5) is 0 Å². The van der Waals surface area contributed by atoms with Crippen LogP contribution in [0.15, 0.2) is 0 Å². The summed E-state index contributed by atoms with van der Waals surface area (Å²) in [6.45, 7) is 14.1. The van der Waals surface area contributed by atoms with Crippen LogP contribution in [0, 0.1) is 23.7 Å². The molecule has 5 atom stereocenters. The van der Waals surface area contributed by atoms with Crippen LogP contribution in [0.5, 0.6) is 0 Å². The van der Waals surface area contributed by atoms with E-state index in [1.807, 2.05) is 0 Å². The maximum atomic E-state index is 13.0.